The van der Waals surface area contributed by atoms with Crippen LogP contribution in [0.15, 0.2) is 18.3 Å². The third-order valence-electron chi connectivity index (χ3n) is 4.59. The van der Waals surface area contributed by atoms with E-state index in [4.69, 9.17) is 0 Å². The van der Waals surface area contributed by atoms with Crippen molar-refractivity contribution < 1.29 is 9.90 Å². The van der Waals surface area contributed by atoms with Crippen LogP contribution in [0.5, 0.6) is 0 Å². The van der Waals surface area contributed by atoms with Gasteiger partial charge < -0.3 is 5.11 Å². The Kier molecular flexibility index (Phi) is 3.51. The van der Waals surface area contributed by atoms with Crippen LogP contribution in [0.4, 0.5) is 0 Å². The normalized spacial score (nSPS) is 27.2. The van der Waals surface area contributed by atoms with Gasteiger partial charge in [-0.1, -0.05) is 18.9 Å². The summed E-state index contributed by atoms with van der Waals surface area (Å²) in [5.74, 6) is -0.0892. The largest absolute Gasteiger partial charge is 0.477 e. The third kappa shape index (κ3) is 2.50. The number of pyridine rings is 1. The number of carboxylic acid groups (broad SMARTS) is 1. The number of aromatic carboxylic acids is 1. The number of hydrogen-bond donors (Lipinski definition) is 1. The molecule has 1 saturated heterocycles. The van der Waals surface area contributed by atoms with E-state index in [1.54, 1.807) is 6.20 Å². The van der Waals surface area contributed by atoms with Crippen molar-refractivity contribution in [1.29, 1.82) is 0 Å². The SMILES string of the molecule is O=C(O)c1ncccc1CN1CCC2CCCCC21. The summed E-state index contributed by atoms with van der Waals surface area (Å²) in [7, 11) is 0. The zero-order chi connectivity index (χ0) is 13.2. The first-order valence-corrected chi connectivity index (χ1v) is 7.17. The monoisotopic (exact) mass is 260 g/mol. The van der Waals surface area contributed by atoms with Crippen LogP contribution < -0.4 is 0 Å². The Labute approximate surface area is 113 Å². The standard InChI is InChI=1S/C15H20N2O2/c18-15(19)14-12(5-3-8-16-14)10-17-9-7-11-4-1-2-6-13(11)17/h3,5,8,11,13H,1-2,4,6-7,9-10H2,(H,18,19). The van der Waals surface area contributed by atoms with E-state index < -0.39 is 5.97 Å². The fraction of sp³-hybridized carbons (Fsp3) is 0.600. The van der Waals surface area contributed by atoms with E-state index in [0.29, 0.717) is 6.04 Å². The number of rotatable bonds is 3. The Balaban J connectivity index is 1.76. The van der Waals surface area contributed by atoms with Crippen LogP contribution in [-0.2, 0) is 6.54 Å². The number of hydrogen-bond acceptors (Lipinski definition) is 3. The summed E-state index contributed by atoms with van der Waals surface area (Å²) in [4.78, 5) is 17.7. The quantitative estimate of drug-likeness (QED) is 0.907. The molecule has 3 rings (SSSR count). The molecule has 1 aliphatic heterocycles. The third-order valence-corrected chi connectivity index (χ3v) is 4.59. The minimum absolute atomic E-state index is 0.210. The average Bonchev–Trinajstić information content (AvgIpc) is 2.83. The molecule has 0 amide bonds. The molecule has 0 bridgehead atoms. The van der Waals surface area contributed by atoms with Gasteiger partial charge in [0.2, 0.25) is 0 Å². The van der Waals surface area contributed by atoms with Gasteiger partial charge in [0.1, 0.15) is 0 Å². The first-order chi connectivity index (χ1) is 9.25. The van der Waals surface area contributed by atoms with Gasteiger partial charge in [0.15, 0.2) is 5.69 Å². The number of aromatic nitrogens is 1. The number of carbonyl (C=O) groups is 1. The van der Waals surface area contributed by atoms with E-state index in [1.165, 1.54) is 32.1 Å². The van der Waals surface area contributed by atoms with Crippen molar-refractivity contribution in [2.75, 3.05) is 6.54 Å². The van der Waals surface area contributed by atoms with Gasteiger partial charge in [-0.25, -0.2) is 9.78 Å². The van der Waals surface area contributed by atoms with Crippen LogP contribution in [0, 0.1) is 5.92 Å². The topological polar surface area (TPSA) is 53.4 Å². The van der Waals surface area contributed by atoms with Crippen molar-refractivity contribution in [3.05, 3.63) is 29.6 Å². The summed E-state index contributed by atoms with van der Waals surface area (Å²) >= 11 is 0. The number of nitrogens with zero attached hydrogens (tertiary/aromatic N) is 2. The molecule has 4 nitrogen and oxygen atoms in total. The summed E-state index contributed by atoms with van der Waals surface area (Å²) in [6.45, 7) is 1.83. The highest BCUT2D eigenvalue weighted by Gasteiger charge is 2.35. The molecule has 1 aromatic heterocycles. The molecule has 1 aromatic rings. The Morgan fingerprint density at radius 1 is 1.37 bits per heavy atom. The molecule has 0 aromatic carbocycles. The van der Waals surface area contributed by atoms with Crippen LogP contribution in [-0.4, -0.2) is 33.5 Å². The number of likely N-dealkylation sites (tertiary alicyclic amines) is 1. The zero-order valence-electron chi connectivity index (χ0n) is 11.1. The molecule has 2 fully saturated rings. The van der Waals surface area contributed by atoms with Crippen LogP contribution in [0.3, 0.4) is 0 Å². The lowest BCUT2D eigenvalue weighted by molar-refractivity contribution is 0.0687. The highest BCUT2D eigenvalue weighted by Crippen LogP contribution is 2.36. The lowest BCUT2D eigenvalue weighted by atomic mass is 9.85. The predicted octanol–water partition coefficient (Wildman–Crippen LogP) is 2.54. The van der Waals surface area contributed by atoms with Crippen LogP contribution in [0.1, 0.15) is 48.2 Å². The van der Waals surface area contributed by atoms with Gasteiger partial charge >= 0.3 is 5.97 Å². The number of carboxylic acids is 1. The van der Waals surface area contributed by atoms with E-state index in [0.717, 1.165) is 24.6 Å². The van der Waals surface area contributed by atoms with Crippen molar-refractivity contribution in [3.8, 4) is 0 Å². The van der Waals surface area contributed by atoms with Crippen molar-refractivity contribution in [2.24, 2.45) is 5.92 Å². The first kappa shape index (κ1) is 12.6. The summed E-state index contributed by atoms with van der Waals surface area (Å²) in [5, 5.41) is 9.19. The number of fused-ring (bicyclic) bond motifs is 1. The molecular weight excluding hydrogens is 240 g/mol. The van der Waals surface area contributed by atoms with E-state index in [-0.39, 0.29) is 5.69 Å². The van der Waals surface area contributed by atoms with E-state index in [2.05, 4.69) is 9.88 Å². The second-order valence-electron chi connectivity index (χ2n) is 5.69. The fourth-order valence-electron chi connectivity index (χ4n) is 3.68. The maximum Gasteiger partial charge on any atom is 0.354 e. The van der Waals surface area contributed by atoms with E-state index >= 15 is 0 Å². The van der Waals surface area contributed by atoms with Crippen LogP contribution in [0.2, 0.25) is 0 Å². The molecule has 0 spiro atoms. The van der Waals surface area contributed by atoms with Crippen LogP contribution >= 0.6 is 0 Å². The molecule has 4 heteroatoms. The first-order valence-electron chi connectivity index (χ1n) is 7.17. The summed E-state index contributed by atoms with van der Waals surface area (Å²) in [5.41, 5.74) is 1.06. The van der Waals surface area contributed by atoms with Crippen molar-refractivity contribution in [1.82, 2.24) is 9.88 Å². The highest BCUT2D eigenvalue weighted by molar-refractivity contribution is 5.86. The molecular formula is C15H20N2O2. The predicted molar refractivity (Wildman–Crippen MR) is 72.0 cm³/mol. The van der Waals surface area contributed by atoms with Gasteiger partial charge in [0.25, 0.3) is 0 Å². The second-order valence-corrected chi connectivity index (χ2v) is 5.69. The molecule has 2 unspecified atom stereocenters. The van der Waals surface area contributed by atoms with Gasteiger partial charge in [0.05, 0.1) is 0 Å². The van der Waals surface area contributed by atoms with Gasteiger partial charge in [-0.3, -0.25) is 4.90 Å². The summed E-state index contributed by atoms with van der Waals surface area (Å²) < 4.78 is 0. The maximum atomic E-state index is 11.2. The molecule has 1 aliphatic carbocycles. The summed E-state index contributed by atoms with van der Waals surface area (Å²) in [6, 6.07) is 4.39. The van der Waals surface area contributed by atoms with Gasteiger partial charge in [-0.15, -0.1) is 0 Å². The van der Waals surface area contributed by atoms with Crippen molar-refractivity contribution in [3.63, 3.8) is 0 Å². The second kappa shape index (κ2) is 5.29. The maximum absolute atomic E-state index is 11.2. The van der Waals surface area contributed by atoms with Gasteiger partial charge in [-0.2, -0.15) is 0 Å². The van der Waals surface area contributed by atoms with Crippen LogP contribution in [0.25, 0.3) is 0 Å². The van der Waals surface area contributed by atoms with Crippen molar-refractivity contribution in [2.45, 2.75) is 44.7 Å². The van der Waals surface area contributed by atoms with E-state index in [1.807, 2.05) is 12.1 Å². The smallest absolute Gasteiger partial charge is 0.354 e. The Morgan fingerprint density at radius 3 is 3.05 bits per heavy atom. The molecule has 0 radical (unpaired) electrons. The van der Waals surface area contributed by atoms with E-state index in [9.17, 15) is 9.90 Å². The lowest BCUT2D eigenvalue weighted by Crippen LogP contribution is -2.34. The Bertz CT molecular complexity index is 475. The van der Waals surface area contributed by atoms with Gasteiger partial charge in [-0.05, 0) is 43.4 Å². The molecule has 1 saturated carbocycles. The molecule has 2 atom stereocenters. The fourth-order valence-corrected chi connectivity index (χ4v) is 3.68. The molecule has 1 N–H and O–H groups in total. The molecule has 2 heterocycles. The lowest BCUT2D eigenvalue weighted by Gasteiger charge is -2.31. The highest BCUT2D eigenvalue weighted by atomic mass is 16.4. The molecule has 19 heavy (non-hydrogen) atoms. The zero-order valence-corrected chi connectivity index (χ0v) is 11.1. The Morgan fingerprint density at radius 2 is 2.21 bits per heavy atom. The molecule has 102 valence electrons. The molecule has 2 aliphatic rings. The minimum Gasteiger partial charge on any atom is -0.477 e. The summed E-state index contributed by atoms with van der Waals surface area (Å²) in [6.07, 6.45) is 8.12. The average molecular weight is 260 g/mol. The minimum atomic E-state index is -0.921. The van der Waals surface area contributed by atoms with Gasteiger partial charge in [0, 0.05) is 18.8 Å². The Hall–Kier alpha value is -1.42. The van der Waals surface area contributed by atoms with Crippen molar-refractivity contribution >= 4 is 5.97 Å².